The van der Waals surface area contributed by atoms with Crippen molar-refractivity contribution < 1.29 is 13.7 Å². The van der Waals surface area contributed by atoms with Crippen molar-refractivity contribution in [3.63, 3.8) is 0 Å². The molecule has 0 saturated carbocycles. The first-order valence-electron chi connectivity index (χ1n) is 6.32. The van der Waals surface area contributed by atoms with Gasteiger partial charge in [0.05, 0.1) is 20.2 Å². The zero-order valence-electron chi connectivity index (χ0n) is 12.4. The molecule has 1 unspecified atom stereocenters. The Morgan fingerprint density at radius 2 is 1.95 bits per heavy atom. The molecule has 1 rings (SSSR count). The highest BCUT2D eigenvalue weighted by Gasteiger charge is 2.14. The summed E-state index contributed by atoms with van der Waals surface area (Å²) in [7, 11) is -2.80. The first kappa shape index (κ1) is 16.7. The number of hydrogen-bond donors (Lipinski definition) is 2. The second-order valence-corrected chi connectivity index (χ2v) is 7.76. The van der Waals surface area contributed by atoms with Crippen LogP contribution < -0.4 is 5.32 Å². The minimum Gasteiger partial charge on any atom is -0.366 e. The molecule has 1 aromatic carbocycles. The normalized spacial score (nSPS) is 14.6. The van der Waals surface area contributed by atoms with Gasteiger partial charge in [0.2, 0.25) is 5.91 Å². The van der Waals surface area contributed by atoms with Crippen LogP contribution in [0.15, 0.2) is 29.2 Å². The zero-order valence-corrected chi connectivity index (χ0v) is 13.2. The van der Waals surface area contributed by atoms with Gasteiger partial charge in [0.25, 0.3) is 0 Å². The van der Waals surface area contributed by atoms with E-state index in [1.54, 1.807) is 24.3 Å². The van der Waals surface area contributed by atoms with Gasteiger partial charge < -0.3 is 10.1 Å². The molecular weight excluding hydrogens is 276 g/mol. The van der Waals surface area contributed by atoms with Crippen LogP contribution in [0.25, 0.3) is 0 Å². The van der Waals surface area contributed by atoms with E-state index in [2.05, 4.69) is 5.32 Å². The minimum absolute atomic E-state index is 0.0198. The number of benzene rings is 1. The van der Waals surface area contributed by atoms with Crippen molar-refractivity contribution in [2.45, 2.75) is 37.8 Å². The molecule has 0 spiro atoms. The van der Waals surface area contributed by atoms with Gasteiger partial charge in [0.15, 0.2) is 0 Å². The van der Waals surface area contributed by atoms with E-state index in [-0.39, 0.29) is 24.7 Å². The maximum Gasteiger partial charge on any atom is 0.246 e. The lowest BCUT2D eigenvalue weighted by Gasteiger charge is -2.19. The van der Waals surface area contributed by atoms with Gasteiger partial charge in [0, 0.05) is 12.8 Å². The van der Waals surface area contributed by atoms with Crippen molar-refractivity contribution in [2.75, 3.05) is 12.9 Å². The third-order valence-corrected chi connectivity index (χ3v) is 3.74. The summed E-state index contributed by atoms with van der Waals surface area (Å²) >= 11 is 0. The quantitative estimate of drug-likeness (QED) is 0.874. The van der Waals surface area contributed by atoms with Crippen LogP contribution >= 0.6 is 0 Å². The van der Waals surface area contributed by atoms with Crippen LogP contribution in [0.3, 0.4) is 0 Å². The number of carbonyl (C=O) groups excluding carboxylic acids is 1. The minimum atomic E-state index is -2.80. The number of carbonyl (C=O) groups is 1. The van der Waals surface area contributed by atoms with Crippen molar-refractivity contribution in [2.24, 2.45) is 0 Å². The fourth-order valence-electron chi connectivity index (χ4n) is 1.56. The largest absolute Gasteiger partial charge is 0.366 e. The predicted octanol–water partition coefficient (Wildman–Crippen LogP) is 2.15. The Hall–Kier alpha value is -1.40. The Kier molecular flexibility index (Phi) is 5.30. The first-order valence-corrected chi connectivity index (χ1v) is 8.28. The summed E-state index contributed by atoms with van der Waals surface area (Å²) in [6.45, 7) is 5.85. The average molecular weight is 298 g/mol. The van der Waals surface area contributed by atoms with Crippen LogP contribution in [-0.2, 0) is 25.8 Å². The molecule has 112 valence electrons. The fraction of sp³-hybridized carbons (Fsp3) is 0.500. The summed E-state index contributed by atoms with van der Waals surface area (Å²) in [5.74, 6) is -0.234. The highest BCUT2D eigenvalue weighted by Crippen LogP contribution is 2.15. The monoisotopic (exact) mass is 298 g/mol. The zero-order chi connectivity index (χ0) is 15.4. The van der Waals surface area contributed by atoms with E-state index in [1.165, 1.54) is 6.26 Å². The molecule has 0 saturated heterocycles. The first-order chi connectivity index (χ1) is 9.09. The molecule has 2 N–H and O–H groups in total. The lowest BCUT2D eigenvalue weighted by molar-refractivity contribution is -0.130. The highest BCUT2D eigenvalue weighted by atomic mass is 32.2. The lowest BCUT2D eigenvalue weighted by atomic mass is 10.2. The van der Waals surface area contributed by atoms with E-state index in [4.69, 9.17) is 9.52 Å². The molecule has 0 aliphatic rings. The van der Waals surface area contributed by atoms with Crippen molar-refractivity contribution in [1.82, 2.24) is 5.32 Å². The van der Waals surface area contributed by atoms with Gasteiger partial charge in [-0.25, -0.2) is 8.99 Å². The molecule has 0 aliphatic heterocycles. The molecular formula is C14H22N2O3S. The summed E-state index contributed by atoms with van der Waals surface area (Å²) in [5.41, 5.74) is 0.327. The van der Waals surface area contributed by atoms with Crippen LogP contribution in [-0.4, -0.2) is 28.6 Å². The van der Waals surface area contributed by atoms with Gasteiger partial charge in [-0.1, -0.05) is 18.2 Å². The average Bonchev–Trinajstić information content (AvgIpc) is 2.32. The standard InChI is InChI=1S/C14H22N2O3S/c1-14(2,3)19-10-13(17)16-9-11-7-5-6-8-12(11)20(4,15)18/h5-8,15H,9-10H2,1-4H3,(H,16,17). The van der Waals surface area contributed by atoms with Crippen LogP contribution in [0.5, 0.6) is 0 Å². The molecule has 0 aliphatic carbocycles. The van der Waals surface area contributed by atoms with Gasteiger partial charge in [-0.3, -0.25) is 4.79 Å². The fourth-order valence-corrected chi connectivity index (χ4v) is 2.54. The van der Waals surface area contributed by atoms with Gasteiger partial charge in [0.1, 0.15) is 6.61 Å². The topological polar surface area (TPSA) is 79.2 Å². The lowest BCUT2D eigenvalue weighted by Crippen LogP contribution is -2.32. The van der Waals surface area contributed by atoms with Crippen LogP contribution in [0.2, 0.25) is 0 Å². The summed E-state index contributed by atoms with van der Waals surface area (Å²) < 4.78 is 24.9. The maximum atomic E-state index is 11.8. The molecule has 1 amide bonds. The van der Waals surface area contributed by atoms with Crippen LogP contribution in [0, 0.1) is 4.78 Å². The smallest absolute Gasteiger partial charge is 0.246 e. The Balaban J connectivity index is 2.65. The second kappa shape index (κ2) is 6.37. The molecule has 0 fully saturated rings. The van der Waals surface area contributed by atoms with E-state index >= 15 is 0 Å². The van der Waals surface area contributed by atoms with Gasteiger partial charge in [-0.05, 0) is 32.4 Å². The molecule has 0 radical (unpaired) electrons. The highest BCUT2D eigenvalue weighted by molar-refractivity contribution is 7.91. The molecule has 0 bridgehead atoms. The van der Waals surface area contributed by atoms with Crippen molar-refractivity contribution >= 4 is 15.6 Å². The predicted molar refractivity (Wildman–Crippen MR) is 79.0 cm³/mol. The molecule has 0 heterocycles. The Morgan fingerprint density at radius 3 is 2.50 bits per heavy atom. The molecule has 1 atom stereocenters. The number of rotatable bonds is 5. The van der Waals surface area contributed by atoms with Gasteiger partial charge in [-0.15, -0.1) is 0 Å². The van der Waals surface area contributed by atoms with Gasteiger partial charge >= 0.3 is 0 Å². The van der Waals surface area contributed by atoms with Crippen LogP contribution in [0.1, 0.15) is 26.3 Å². The molecule has 5 nitrogen and oxygen atoms in total. The molecule has 0 aromatic heterocycles. The van der Waals surface area contributed by atoms with Crippen molar-refractivity contribution in [1.29, 1.82) is 4.78 Å². The Morgan fingerprint density at radius 1 is 1.35 bits per heavy atom. The van der Waals surface area contributed by atoms with Crippen molar-refractivity contribution in [3.05, 3.63) is 29.8 Å². The number of nitrogens with one attached hydrogen (secondary N) is 2. The van der Waals surface area contributed by atoms with Gasteiger partial charge in [-0.2, -0.15) is 0 Å². The van der Waals surface area contributed by atoms with E-state index in [9.17, 15) is 9.00 Å². The third-order valence-electron chi connectivity index (χ3n) is 2.50. The number of hydrogen-bond acceptors (Lipinski definition) is 4. The molecule has 20 heavy (non-hydrogen) atoms. The summed E-state index contributed by atoms with van der Waals surface area (Å²) in [5, 5.41) is 2.71. The molecule has 1 aromatic rings. The number of amides is 1. The number of ether oxygens (including phenoxy) is 1. The van der Waals surface area contributed by atoms with Crippen molar-refractivity contribution in [3.8, 4) is 0 Å². The second-order valence-electron chi connectivity index (χ2n) is 5.63. The summed E-state index contributed by atoms with van der Waals surface area (Å²) in [6, 6.07) is 6.95. The Labute approximate surface area is 120 Å². The van der Waals surface area contributed by atoms with E-state index in [0.29, 0.717) is 10.5 Å². The van der Waals surface area contributed by atoms with E-state index < -0.39 is 9.73 Å². The van der Waals surface area contributed by atoms with E-state index in [0.717, 1.165) is 0 Å². The Bertz CT molecular complexity index is 574. The maximum absolute atomic E-state index is 11.8. The third kappa shape index (κ3) is 5.71. The van der Waals surface area contributed by atoms with E-state index in [1.807, 2.05) is 20.8 Å². The molecule has 6 heteroatoms. The summed E-state index contributed by atoms with van der Waals surface area (Å²) in [6.07, 6.45) is 1.37. The van der Waals surface area contributed by atoms with Crippen LogP contribution in [0.4, 0.5) is 0 Å². The summed E-state index contributed by atoms with van der Waals surface area (Å²) in [4.78, 5) is 12.1. The SMILES string of the molecule is CC(C)(C)OCC(=O)NCc1ccccc1S(C)(=N)=O.